The van der Waals surface area contributed by atoms with Crippen LogP contribution in [0.4, 0.5) is 5.69 Å². The van der Waals surface area contributed by atoms with Crippen LogP contribution < -0.4 is 10.0 Å². The second-order valence-corrected chi connectivity index (χ2v) is 8.12. The van der Waals surface area contributed by atoms with E-state index in [1.165, 1.54) is 23.0 Å². The molecule has 0 spiro atoms. The third kappa shape index (κ3) is 6.08. The molecule has 27 heavy (non-hydrogen) atoms. The highest BCUT2D eigenvalue weighted by Crippen LogP contribution is 2.32. The number of carbonyl (C=O) groups is 2. The molecule has 2 rings (SSSR count). The summed E-state index contributed by atoms with van der Waals surface area (Å²) in [6.45, 7) is -1.30. The summed E-state index contributed by atoms with van der Waals surface area (Å²) in [6, 6.07) is 2.69. The third-order valence-electron chi connectivity index (χ3n) is 3.05. The molecular formula is C14H13Cl3N4O5S. The molecule has 0 saturated carbocycles. The molecule has 146 valence electrons. The molecule has 0 unspecified atom stereocenters. The number of hydrogen-bond acceptors (Lipinski definition) is 6. The van der Waals surface area contributed by atoms with Gasteiger partial charge in [-0.2, -0.15) is 9.82 Å². The molecule has 0 aliphatic rings. The number of aryl methyl sites for hydroxylation is 1. The van der Waals surface area contributed by atoms with Crippen LogP contribution >= 0.6 is 34.8 Å². The van der Waals surface area contributed by atoms with E-state index in [0.717, 1.165) is 6.20 Å². The number of benzene rings is 1. The van der Waals surface area contributed by atoms with Gasteiger partial charge in [0.15, 0.2) is 6.61 Å². The van der Waals surface area contributed by atoms with Crippen LogP contribution in [-0.2, 0) is 31.4 Å². The predicted octanol–water partition coefficient (Wildman–Crippen LogP) is 1.84. The van der Waals surface area contributed by atoms with Crippen molar-refractivity contribution < 1.29 is 22.7 Å². The number of anilines is 1. The highest BCUT2D eigenvalue weighted by Gasteiger charge is 2.18. The first kappa shape index (κ1) is 21.5. The van der Waals surface area contributed by atoms with Crippen LogP contribution in [0.2, 0.25) is 15.1 Å². The monoisotopic (exact) mass is 454 g/mol. The number of nitrogens with zero attached hydrogens (tertiary/aromatic N) is 2. The first-order valence-electron chi connectivity index (χ1n) is 7.17. The number of amides is 1. The molecule has 0 aliphatic carbocycles. The standard InChI is InChI=1S/C14H13Cl3N4O5S/c1-21-6-8(4-18-21)27(24,25)19-5-14(23)26-7-13(22)20-12-3-10(16)9(15)2-11(12)17/h2-4,6,19H,5,7H2,1H3,(H,20,22). The van der Waals surface area contributed by atoms with E-state index in [0.29, 0.717) is 0 Å². The topological polar surface area (TPSA) is 119 Å². The van der Waals surface area contributed by atoms with Crippen LogP contribution in [0, 0.1) is 0 Å². The zero-order chi connectivity index (χ0) is 20.2. The highest BCUT2D eigenvalue weighted by molar-refractivity contribution is 7.89. The molecule has 0 aliphatic heterocycles. The van der Waals surface area contributed by atoms with Crippen LogP contribution in [0.3, 0.4) is 0 Å². The Hall–Kier alpha value is -1.85. The first-order valence-corrected chi connectivity index (χ1v) is 9.78. The van der Waals surface area contributed by atoms with Gasteiger partial charge in [0.1, 0.15) is 11.4 Å². The summed E-state index contributed by atoms with van der Waals surface area (Å²) in [6.07, 6.45) is 2.39. The fourth-order valence-electron chi connectivity index (χ4n) is 1.78. The third-order valence-corrected chi connectivity index (χ3v) is 5.44. The lowest BCUT2D eigenvalue weighted by Gasteiger charge is -2.09. The van der Waals surface area contributed by atoms with Crippen LogP contribution in [-0.4, -0.2) is 43.2 Å². The first-order chi connectivity index (χ1) is 12.6. The Balaban J connectivity index is 1.83. The number of esters is 1. The van der Waals surface area contributed by atoms with Gasteiger partial charge in [-0.1, -0.05) is 34.8 Å². The zero-order valence-corrected chi connectivity index (χ0v) is 16.8. The summed E-state index contributed by atoms with van der Waals surface area (Å²) in [5.74, 6) is -1.64. The quantitative estimate of drug-likeness (QED) is 0.486. The van der Waals surface area contributed by atoms with Crippen LogP contribution in [0.5, 0.6) is 0 Å². The maximum absolute atomic E-state index is 11.9. The molecule has 2 N–H and O–H groups in total. The van der Waals surface area contributed by atoms with Gasteiger partial charge >= 0.3 is 5.97 Å². The van der Waals surface area contributed by atoms with E-state index in [4.69, 9.17) is 39.5 Å². The minimum Gasteiger partial charge on any atom is -0.455 e. The van der Waals surface area contributed by atoms with E-state index >= 15 is 0 Å². The van der Waals surface area contributed by atoms with Crippen LogP contribution in [0.1, 0.15) is 0 Å². The molecule has 0 saturated heterocycles. The van der Waals surface area contributed by atoms with Crippen molar-refractivity contribution in [3.63, 3.8) is 0 Å². The van der Waals surface area contributed by atoms with Crippen molar-refractivity contribution in [1.29, 1.82) is 0 Å². The summed E-state index contributed by atoms with van der Waals surface area (Å²) in [5, 5.41) is 6.66. The van der Waals surface area contributed by atoms with Crippen LogP contribution in [0.25, 0.3) is 0 Å². The number of halogens is 3. The maximum Gasteiger partial charge on any atom is 0.321 e. The normalized spacial score (nSPS) is 11.3. The van der Waals surface area contributed by atoms with Gasteiger partial charge in [-0.3, -0.25) is 14.3 Å². The molecule has 9 nitrogen and oxygen atoms in total. The van der Waals surface area contributed by atoms with Crippen molar-refractivity contribution in [3.8, 4) is 0 Å². The molecule has 2 aromatic rings. The number of aromatic nitrogens is 2. The summed E-state index contributed by atoms with van der Waals surface area (Å²) >= 11 is 17.5. The van der Waals surface area contributed by atoms with Crippen molar-refractivity contribution in [2.45, 2.75) is 4.90 Å². The highest BCUT2D eigenvalue weighted by atomic mass is 35.5. The Kier molecular flexibility index (Phi) is 7.06. The summed E-state index contributed by atoms with van der Waals surface area (Å²) in [4.78, 5) is 23.3. The molecule has 13 heteroatoms. The Labute approximate surface area is 169 Å². The van der Waals surface area contributed by atoms with E-state index in [1.54, 1.807) is 7.05 Å². The Morgan fingerprint density at radius 2 is 1.85 bits per heavy atom. The van der Waals surface area contributed by atoms with Crippen molar-refractivity contribution in [2.75, 3.05) is 18.5 Å². The van der Waals surface area contributed by atoms with Gasteiger partial charge in [-0.15, -0.1) is 0 Å². The van der Waals surface area contributed by atoms with E-state index < -0.39 is 35.1 Å². The number of carbonyl (C=O) groups excluding carboxylic acids is 2. The Morgan fingerprint density at radius 3 is 2.48 bits per heavy atom. The molecule has 1 aromatic heterocycles. The number of sulfonamides is 1. The number of rotatable bonds is 7. The largest absolute Gasteiger partial charge is 0.455 e. The molecule has 1 aromatic carbocycles. The molecule has 0 fully saturated rings. The molecule has 1 heterocycles. The smallest absolute Gasteiger partial charge is 0.321 e. The zero-order valence-electron chi connectivity index (χ0n) is 13.7. The fraction of sp³-hybridized carbons (Fsp3) is 0.214. The molecule has 0 bridgehead atoms. The SMILES string of the molecule is Cn1cc(S(=O)(=O)NCC(=O)OCC(=O)Nc2cc(Cl)c(Cl)cc2Cl)cn1. The molecule has 1 amide bonds. The van der Waals surface area contributed by atoms with Gasteiger partial charge in [0.05, 0.1) is 27.0 Å². The minimum atomic E-state index is -3.92. The Bertz CT molecular complexity index is 977. The van der Waals surface area contributed by atoms with Crippen LogP contribution in [0.15, 0.2) is 29.4 Å². The van der Waals surface area contributed by atoms with Crippen molar-refractivity contribution in [1.82, 2.24) is 14.5 Å². The second kappa shape index (κ2) is 8.89. The number of hydrogen-bond donors (Lipinski definition) is 2. The minimum absolute atomic E-state index is 0.107. The number of nitrogens with one attached hydrogen (secondary N) is 2. The van der Waals surface area contributed by atoms with Gasteiger partial charge in [-0.05, 0) is 12.1 Å². The molecular weight excluding hydrogens is 443 g/mol. The lowest BCUT2D eigenvalue weighted by atomic mass is 10.3. The van der Waals surface area contributed by atoms with Crippen molar-refractivity contribution in [2.24, 2.45) is 7.05 Å². The average Bonchev–Trinajstić information content (AvgIpc) is 3.03. The van der Waals surface area contributed by atoms with Crippen molar-refractivity contribution >= 4 is 62.4 Å². The predicted molar refractivity (Wildman–Crippen MR) is 99.5 cm³/mol. The van der Waals surface area contributed by atoms with E-state index in [-0.39, 0.29) is 25.7 Å². The van der Waals surface area contributed by atoms with E-state index in [2.05, 4.69) is 10.4 Å². The van der Waals surface area contributed by atoms with Gasteiger partial charge in [-0.25, -0.2) is 8.42 Å². The summed E-state index contributed by atoms with van der Waals surface area (Å²) in [7, 11) is -2.37. The molecule has 0 radical (unpaired) electrons. The Morgan fingerprint density at radius 1 is 1.19 bits per heavy atom. The number of ether oxygens (including phenoxy) is 1. The fourth-order valence-corrected chi connectivity index (χ4v) is 3.32. The van der Waals surface area contributed by atoms with E-state index in [1.807, 2.05) is 4.72 Å². The maximum atomic E-state index is 11.9. The molecule has 0 atom stereocenters. The summed E-state index contributed by atoms with van der Waals surface area (Å²) < 4.78 is 31.9. The lowest BCUT2D eigenvalue weighted by Crippen LogP contribution is -2.32. The van der Waals surface area contributed by atoms with Gasteiger partial charge < -0.3 is 10.1 Å². The van der Waals surface area contributed by atoms with Gasteiger partial charge in [0.2, 0.25) is 10.0 Å². The van der Waals surface area contributed by atoms with Gasteiger partial charge in [0, 0.05) is 13.2 Å². The second-order valence-electron chi connectivity index (χ2n) is 5.13. The summed E-state index contributed by atoms with van der Waals surface area (Å²) in [5.41, 5.74) is 0.185. The average molecular weight is 456 g/mol. The lowest BCUT2D eigenvalue weighted by molar-refractivity contribution is -0.146. The van der Waals surface area contributed by atoms with Gasteiger partial charge in [0.25, 0.3) is 5.91 Å². The van der Waals surface area contributed by atoms with Crippen molar-refractivity contribution in [3.05, 3.63) is 39.6 Å². The van der Waals surface area contributed by atoms with E-state index in [9.17, 15) is 18.0 Å².